The molecule has 9 rings (SSSR count). The Morgan fingerprint density at radius 1 is 0.756 bits per heavy atom. The van der Waals surface area contributed by atoms with Gasteiger partial charge in [-0.25, -0.2) is 4.79 Å². The summed E-state index contributed by atoms with van der Waals surface area (Å²) >= 11 is -1.16. The van der Waals surface area contributed by atoms with Crippen LogP contribution in [-0.4, -0.2) is 22.7 Å². The van der Waals surface area contributed by atoms with E-state index in [4.69, 9.17) is 14.2 Å². The van der Waals surface area contributed by atoms with Gasteiger partial charge in [-0.2, -0.15) is 10.9 Å². The summed E-state index contributed by atoms with van der Waals surface area (Å²) in [4.78, 5) is 18.1. The van der Waals surface area contributed by atoms with Crippen LogP contribution in [0.5, 0.6) is 11.5 Å². The molecule has 4 aliphatic carbocycles. The molecule has 5 aliphatic rings. The summed E-state index contributed by atoms with van der Waals surface area (Å²) in [6.45, 7) is 2.51. The normalized spacial score (nSPS) is 29.8. The van der Waals surface area contributed by atoms with Crippen molar-refractivity contribution in [3.63, 3.8) is 0 Å². The van der Waals surface area contributed by atoms with Gasteiger partial charge in [0.15, 0.2) is 16.4 Å². The van der Waals surface area contributed by atoms with Crippen LogP contribution < -0.4 is 9.47 Å². The van der Waals surface area contributed by atoms with E-state index in [1.54, 1.807) is 0 Å². The van der Waals surface area contributed by atoms with Crippen LogP contribution in [0.25, 0.3) is 0 Å². The minimum absolute atomic E-state index is 0.0719. The van der Waals surface area contributed by atoms with Crippen LogP contribution in [-0.2, 0) is 27.3 Å². The molecule has 0 amide bonds. The molecule has 4 aromatic carbocycles. The number of ether oxygens (including phenoxy) is 3. The van der Waals surface area contributed by atoms with Gasteiger partial charge in [-0.3, -0.25) is 0 Å². The summed E-state index contributed by atoms with van der Waals surface area (Å²) < 4.78 is 31.3. The Hall–Kier alpha value is -3.39. The average Bonchev–Trinajstić information content (AvgIpc) is 3.06. The molecule has 4 fully saturated rings. The number of thiol groups is 1. The summed E-state index contributed by atoms with van der Waals surface area (Å²) in [5.41, 5.74) is 0.678. The second kappa shape index (κ2) is 11.8. The molecule has 1 heterocycles. The number of fused-ring (bicyclic) bond motifs is 2. The highest BCUT2D eigenvalue weighted by Crippen LogP contribution is 2.60. The first-order valence-electron chi connectivity index (χ1n) is 16.0. The van der Waals surface area contributed by atoms with Crippen molar-refractivity contribution >= 4 is 28.0 Å². The van der Waals surface area contributed by atoms with Crippen molar-refractivity contribution in [2.24, 2.45) is 23.7 Å². The lowest BCUT2D eigenvalue weighted by Crippen LogP contribution is -2.58. The van der Waals surface area contributed by atoms with E-state index < -0.39 is 22.1 Å². The van der Waals surface area contributed by atoms with Gasteiger partial charge in [-0.1, -0.05) is 36.4 Å². The third-order valence-electron chi connectivity index (χ3n) is 10.5. The Balaban J connectivity index is 0.868. The van der Waals surface area contributed by atoms with Crippen LogP contribution in [0, 0.1) is 23.7 Å². The first-order chi connectivity index (χ1) is 21.9. The highest BCUT2D eigenvalue weighted by Gasteiger charge is 2.57. The molecule has 5 nitrogen and oxygen atoms in total. The van der Waals surface area contributed by atoms with Crippen molar-refractivity contribution in [3.05, 3.63) is 103 Å². The highest BCUT2D eigenvalue weighted by molar-refractivity contribution is 8.18. The molecule has 4 bridgehead atoms. The van der Waals surface area contributed by atoms with Crippen molar-refractivity contribution in [1.29, 1.82) is 0 Å². The van der Waals surface area contributed by atoms with Crippen LogP contribution >= 0.6 is 10.9 Å². The number of rotatable bonds is 8. The number of benzene rings is 4. The van der Waals surface area contributed by atoms with Crippen LogP contribution in [0.2, 0.25) is 0 Å². The summed E-state index contributed by atoms with van der Waals surface area (Å²) in [6, 6.07) is 32.2. The van der Waals surface area contributed by atoms with E-state index in [1.165, 1.54) is 37.0 Å². The van der Waals surface area contributed by atoms with Gasteiger partial charge in [-0.05, 0) is 134 Å². The van der Waals surface area contributed by atoms with E-state index >= 15 is 0 Å². The first-order valence-corrected chi connectivity index (χ1v) is 18.5. The van der Waals surface area contributed by atoms with E-state index in [1.807, 2.05) is 72.8 Å². The molecular formula is C38H38O5S2. The van der Waals surface area contributed by atoms with E-state index in [0.717, 1.165) is 42.7 Å². The van der Waals surface area contributed by atoms with Crippen LogP contribution in [0.3, 0.4) is 0 Å². The monoisotopic (exact) mass is 638 g/mol. The van der Waals surface area contributed by atoms with E-state index in [0.29, 0.717) is 24.2 Å². The van der Waals surface area contributed by atoms with Gasteiger partial charge in [-0.15, -0.1) is 0 Å². The van der Waals surface area contributed by atoms with Gasteiger partial charge in [0.05, 0.1) is 9.79 Å². The summed E-state index contributed by atoms with van der Waals surface area (Å²) in [7, 11) is -0.809. The lowest BCUT2D eigenvalue weighted by atomic mass is 9.50. The van der Waals surface area contributed by atoms with Gasteiger partial charge in [0.1, 0.15) is 23.7 Å². The zero-order chi connectivity index (χ0) is 30.5. The molecule has 0 N–H and O–H groups in total. The number of hydrogen-bond acceptors (Lipinski definition) is 5. The summed E-state index contributed by atoms with van der Waals surface area (Å²) in [6.07, 6.45) is 6.21. The minimum atomic E-state index is -1.16. The quantitative estimate of drug-likeness (QED) is 0.119. The molecule has 0 saturated heterocycles. The molecule has 1 aliphatic heterocycles. The maximum absolute atomic E-state index is 13.2. The Morgan fingerprint density at radius 3 is 1.89 bits per heavy atom. The Bertz CT molecular complexity index is 1630. The SMILES string of the molecule is CC1(OC(=O)COc2ccc(COc3ccc([SH]4c5ccccc5[S+]([O-])c5ccccc54)cc3)cc2)C2CC3CC(C2)CC1C3. The molecular weight excluding hydrogens is 601 g/mol. The van der Waals surface area contributed by atoms with Gasteiger partial charge in [0.25, 0.3) is 0 Å². The van der Waals surface area contributed by atoms with Crippen molar-refractivity contribution in [1.82, 2.24) is 0 Å². The summed E-state index contributed by atoms with van der Waals surface area (Å²) in [5, 5.41) is 0. The van der Waals surface area contributed by atoms with Crippen molar-refractivity contribution in [3.8, 4) is 11.5 Å². The van der Waals surface area contributed by atoms with Gasteiger partial charge in [0, 0.05) is 11.2 Å². The minimum Gasteiger partial charge on any atom is -0.606 e. The smallest absolute Gasteiger partial charge is 0.344 e. The lowest BCUT2D eigenvalue weighted by molar-refractivity contribution is -0.204. The van der Waals surface area contributed by atoms with Crippen molar-refractivity contribution < 1.29 is 23.6 Å². The molecule has 4 aromatic rings. The van der Waals surface area contributed by atoms with E-state index in [9.17, 15) is 9.35 Å². The number of carbonyl (C=O) groups is 1. The topological polar surface area (TPSA) is 67.8 Å². The Labute approximate surface area is 270 Å². The molecule has 0 aromatic heterocycles. The third kappa shape index (κ3) is 5.43. The molecule has 0 radical (unpaired) electrons. The fourth-order valence-corrected chi connectivity index (χ4v) is 12.9. The predicted octanol–water partition coefficient (Wildman–Crippen LogP) is 8.36. The average molecular weight is 639 g/mol. The maximum Gasteiger partial charge on any atom is 0.344 e. The van der Waals surface area contributed by atoms with Crippen molar-refractivity contribution in [2.75, 3.05) is 6.61 Å². The zero-order valence-electron chi connectivity index (χ0n) is 25.4. The van der Waals surface area contributed by atoms with E-state index in [-0.39, 0.29) is 18.2 Å². The van der Waals surface area contributed by atoms with Crippen LogP contribution in [0.15, 0.2) is 122 Å². The standard InChI is InChI=1S/C38H38O5S2/c1-38(28-19-26-18-27(21-28)22-29(38)20-26)43-37(39)24-42-30-12-10-25(11-13-30)23-41-31-14-16-32(17-15-31)44-33-6-2-4-8-35(33)45(40)36-9-5-3-7-34(36)44/h2-17,26-29,44H,18-24H2,1H3. The van der Waals surface area contributed by atoms with Crippen molar-refractivity contribution in [2.45, 2.75) is 75.7 Å². The van der Waals surface area contributed by atoms with Crippen LogP contribution in [0.4, 0.5) is 0 Å². The predicted molar refractivity (Wildman–Crippen MR) is 176 cm³/mol. The molecule has 0 spiro atoms. The molecule has 232 valence electrons. The lowest BCUT2D eigenvalue weighted by Gasteiger charge is -2.59. The Morgan fingerprint density at radius 2 is 1.29 bits per heavy atom. The largest absolute Gasteiger partial charge is 0.606 e. The molecule has 7 heteroatoms. The Kier molecular flexibility index (Phi) is 7.59. The molecule has 4 saturated carbocycles. The second-order valence-electron chi connectivity index (χ2n) is 13.2. The zero-order valence-corrected chi connectivity index (χ0v) is 27.1. The molecule has 0 unspecified atom stereocenters. The maximum atomic E-state index is 13.2. The number of hydrogen-bond donors (Lipinski definition) is 1. The van der Waals surface area contributed by atoms with Gasteiger partial charge in [0.2, 0.25) is 0 Å². The second-order valence-corrected chi connectivity index (χ2v) is 16.8. The molecule has 0 atom stereocenters. The summed E-state index contributed by atoms with van der Waals surface area (Å²) in [5.74, 6) is 3.85. The fraction of sp³-hybridized carbons (Fsp3) is 0.342. The highest BCUT2D eigenvalue weighted by atomic mass is 32.2. The van der Waals surface area contributed by atoms with Crippen LogP contribution in [0.1, 0.15) is 44.6 Å². The van der Waals surface area contributed by atoms with Gasteiger partial charge < -0.3 is 18.8 Å². The number of carbonyl (C=O) groups excluding carboxylic acids is 1. The van der Waals surface area contributed by atoms with E-state index in [2.05, 4.69) is 31.2 Å². The molecule has 45 heavy (non-hydrogen) atoms. The fourth-order valence-electron chi connectivity index (χ4n) is 8.37. The number of esters is 1. The first kappa shape index (κ1) is 29.0. The third-order valence-corrected chi connectivity index (χ3v) is 14.9. The van der Waals surface area contributed by atoms with Gasteiger partial charge >= 0.3 is 5.97 Å².